The lowest BCUT2D eigenvalue weighted by molar-refractivity contribution is 0.253. The second-order valence-corrected chi connectivity index (χ2v) is 5.16. The molecule has 21 heavy (non-hydrogen) atoms. The van der Waals surface area contributed by atoms with Crippen LogP contribution in [0.2, 0.25) is 0 Å². The van der Waals surface area contributed by atoms with Gasteiger partial charge in [-0.05, 0) is 26.6 Å². The number of likely N-dealkylation sites (N-methyl/N-ethyl adjacent to an activating group) is 1. The third-order valence-corrected chi connectivity index (χ3v) is 2.91. The van der Waals surface area contributed by atoms with Crippen molar-refractivity contribution in [3.8, 4) is 5.88 Å². The lowest BCUT2D eigenvalue weighted by Gasteiger charge is -2.12. The molecule has 1 heterocycles. The van der Waals surface area contributed by atoms with Crippen molar-refractivity contribution in [2.75, 3.05) is 32.6 Å². The van der Waals surface area contributed by atoms with Crippen LogP contribution >= 0.6 is 0 Å². The number of aryl methyl sites for hydroxylation is 1. The number of nitrogens with one attached hydrogen (secondary N) is 1. The van der Waals surface area contributed by atoms with Gasteiger partial charge >= 0.3 is 0 Å². The van der Waals surface area contributed by atoms with Crippen LogP contribution in [0.5, 0.6) is 5.88 Å². The number of hydrogen-bond donors (Lipinski definition) is 1. The van der Waals surface area contributed by atoms with E-state index in [0.29, 0.717) is 25.0 Å². The molecule has 0 bridgehead atoms. The summed E-state index contributed by atoms with van der Waals surface area (Å²) in [7, 11) is 4.03. The Morgan fingerprint density at radius 3 is 2.62 bits per heavy atom. The molecule has 5 heteroatoms. The predicted octanol–water partition coefficient (Wildman–Crippen LogP) is 2.34. The van der Waals surface area contributed by atoms with Gasteiger partial charge in [0.1, 0.15) is 6.61 Å². The van der Waals surface area contributed by atoms with Gasteiger partial charge < -0.3 is 15.0 Å². The standard InChI is InChI=1S/C16H22N4O/c1-13-11-15(21-10-9-20(2)3)19-16(18-13)17-12-14-7-5-4-6-8-14/h4-8,11H,9-10,12H2,1-3H3,(H,17,18,19). The summed E-state index contributed by atoms with van der Waals surface area (Å²) in [6.07, 6.45) is 0. The van der Waals surface area contributed by atoms with Crippen molar-refractivity contribution in [2.24, 2.45) is 0 Å². The van der Waals surface area contributed by atoms with Gasteiger partial charge in [-0.3, -0.25) is 0 Å². The third-order valence-electron chi connectivity index (χ3n) is 2.91. The van der Waals surface area contributed by atoms with Crippen LogP contribution in [0.15, 0.2) is 36.4 Å². The third kappa shape index (κ3) is 5.39. The highest BCUT2D eigenvalue weighted by Crippen LogP contribution is 2.13. The molecule has 1 aromatic heterocycles. The Morgan fingerprint density at radius 2 is 1.90 bits per heavy atom. The SMILES string of the molecule is Cc1cc(OCCN(C)C)nc(NCc2ccccc2)n1. The molecule has 0 saturated heterocycles. The van der Waals surface area contributed by atoms with E-state index in [1.807, 2.05) is 45.3 Å². The maximum Gasteiger partial charge on any atom is 0.226 e. The highest BCUT2D eigenvalue weighted by atomic mass is 16.5. The molecule has 1 N–H and O–H groups in total. The lowest BCUT2D eigenvalue weighted by atomic mass is 10.2. The molecule has 112 valence electrons. The van der Waals surface area contributed by atoms with E-state index in [0.717, 1.165) is 12.2 Å². The normalized spacial score (nSPS) is 10.7. The van der Waals surface area contributed by atoms with Gasteiger partial charge in [-0.1, -0.05) is 30.3 Å². The largest absolute Gasteiger partial charge is 0.476 e. The van der Waals surface area contributed by atoms with E-state index >= 15 is 0 Å². The second-order valence-electron chi connectivity index (χ2n) is 5.16. The van der Waals surface area contributed by atoms with Crippen molar-refractivity contribution >= 4 is 5.95 Å². The number of ether oxygens (including phenoxy) is 1. The first kappa shape index (κ1) is 15.3. The molecule has 2 aromatic rings. The van der Waals surface area contributed by atoms with Gasteiger partial charge in [0, 0.05) is 24.8 Å². The molecule has 0 aliphatic rings. The minimum atomic E-state index is 0.596. The number of aromatic nitrogens is 2. The van der Waals surface area contributed by atoms with E-state index in [-0.39, 0.29) is 0 Å². The van der Waals surface area contributed by atoms with Crippen LogP contribution in [0, 0.1) is 6.92 Å². The maximum atomic E-state index is 5.66. The Bertz CT molecular complexity index is 557. The molecule has 0 unspecified atom stereocenters. The minimum absolute atomic E-state index is 0.596. The number of rotatable bonds is 7. The van der Waals surface area contributed by atoms with Gasteiger partial charge in [0.25, 0.3) is 0 Å². The molecular weight excluding hydrogens is 264 g/mol. The van der Waals surface area contributed by atoms with E-state index in [1.165, 1.54) is 5.56 Å². The van der Waals surface area contributed by atoms with Crippen molar-refractivity contribution in [1.82, 2.24) is 14.9 Å². The average molecular weight is 286 g/mol. The van der Waals surface area contributed by atoms with E-state index in [4.69, 9.17) is 4.74 Å². The molecule has 0 aliphatic heterocycles. The van der Waals surface area contributed by atoms with E-state index in [1.54, 1.807) is 0 Å². The molecule has 0 spiro atoms. The smallest absolute Gasteiger partial charge is 0.226 e. The van der Waals surface area contributed by atoms with Gasteiger partial charge in [-0.2, -0.15) is 4.98 Å². The number of hydrogen-bond acceptors (Lipinski definition) is 5. The first-order valence-corrected chi connectivity index (χ1v) is 7.04. The Balaban J connectivity index is 1.94. The maximum absolute atomic E-state index is 5.66. The zero-order valence-electron chi connectivity index (χ0n) is 12.8. The highest BCUT2D eigenvalue weighted by Gasteiger charge is 2.03. The lowest BCUT2D eigenvalue weighted by Crippen LogP contribution is -2.20. The molecule has 0 aliphatic carbocycles. The monoisotopic (exact) mass is 286 g/mol. The highest BCUT2D eigenvalue weighted by molar-refractivity contribution is 5.32. The zero-order chi connectivity index (χ0) is 15.1. The molecule has 0 fully saturated rings. The summed E-state index contributed by atoms with van der Waals surface area (Å²) < 4.78 is 5.66. The fourth-order valence-electron chi connectivity index (χ4n) is 1.80. The number of nitrogens with zero attached hydrogens (tertiary/aromatic N) is 3. The second kappa shape index (κ2) is 7.59. The summed E-state index contributed by atoms with van der Waals surface area (Å²) >= 11 is 0. The first-order chi connectivity index (χ1) is 10.1. The summed E-state index contributed by atoms with van der Waals surface area (Å²) in [4.78, 5) is 10.8. The topological polar surface area (TPSA) is 50.3 Å². The zero-order valence-corrected chi connectivity index (χ0v) is 12.8. The Hall–Kier alpha value is -2.14. The quantitative estimate of drug-likeness (QED) is 0.846. The molecule has 5 nitrogen and oxygen atoms in total. The summed E-state index contributed by atoms with van der Waals surface area (Å²) in [6, 6.07) is 12.0. The van der Waals surface area contributed by atoms with Gasteiger partial charge in [-0.15, -0.1) is 0 Å². The fraction of sp³-hybridized carbons (Fsp3) is 0.375. The fourth-order valence-corrected chi connectivity index (χ4v) is 1.80. The molecule has 0 saturated carbocycles. The van der Waals surface area contributed by atoms with Crippen LogP contribution in [0.1, 0.15) is 11.3 Å². The molecule has 0 amide bonds. The van der Waals surface area contributed by atoms with Crippen LogP contribution in [0.25, 0.3) is 0 Å². The van der Waals surface area contributed by atoms with Crippen molar-refractivity contribution in [3.05, 3.63) is 47.7 Å². The van der Waals surface area contributed by atoms with Crippen LogP contribution < -0.4 is 10.1 Å². The van der Waals surface area contributed by atoms with Crippen molar-refractivity contribution in [1.29, 1.82) is 0 Å². The molecule has 1 aromatic carbocycles. The Morgan fingerprint density at radius 1 is 1.14 bits per heavy atom. The summed E-state index contributed by atoms with van der Waals surface area (Å²) in [5, 5.41) is 3.23. The first-order valence-electron chi connectivity index (χ1n) is 7.04. The van der Waals surface area contributed by atoms with Gasteiger partial charge in [0.2, 0.25) is 11.8 Å². The van der Waals surface area contributed by atoms with Crippen molar-refractivity contribution in [2.45, 2.75) is 13.5 Å². The van der Waals surface area contributed by atoms with Crippen molar-refractivity contribution in [3.63, 3.8) is 0 Å². The van der Waals surface area contributed by atoms with Gasteiger partial charge in [0.15, 0.2) is 0 Å². The molecule has 0 atom stereocenters. The van der Waals surface area contributed by atoms with E-state index in [2.05, 4.69) is 32.3 Å². The summed E-state index contributed by atoms with van der Waals surface area (Å²) in [5.74, 6) is 1.21. The minimum Gasteiger partial charge on any atom is -0.476 e. The molecular formula is C16H22N4O. The van der Waals surface area contributed by atoms with E-state index < -0.39 is 0 Å². The van der Waals surface area contributed by atoms with Crippen LogP contribution in [-0.4, -0.2) is 42.1 Å². The molecule has 2 rings (SSSR count). The molecule has 0 radical (unpaired) electrons. The number of anilines is 1. The average Bonchev–Trinajstić information content (AvgIpc) is 2.45. The van der Waals surface area contributed by atoms with Crippen LogP contribution in [0.3, 0.4) is 0 Å². The predicted molar refractivity (Wildman–Crippen MR) is 84.6 cm³/mol. The number of benzene rings is 1. The van der Waals surface area contributed by atoms with Crippen LogP contribution in [-0.2, 0) is 6.54 Å². The van der Waals surface area contributed by atoms with E-state index in [9.17, 15) is 0 Å². The Kier molecular flexibility index (Phi) is 5.51. The summed E-state index contributed by atoms with van der Waals surface area (Å²) in [6.45, 7) is 4.10. The van der Waals surface area contributed by atoms with Crippen LogP contribution in [0.4, 0.5) is 5.95 Å². The summed E-state index contributed by atoms with van der Waals surface area (Å²) in [5.41, 5.74) is 2.08. The van der Waals surface area contributed by atoms with Gasteiger partial charge in [-0.25, -0.2) is 4.98 Å². The van der Waals surface area contributed by atoms with Crippen molar-refractivity contribution < 1.29 is 4.74 Å². The van der Waals surface area contributed by atoms with Gasteiger partial charge in [0.05, 0.1) is 0 Å². The Labute approximate surface area is 126 Å².